The van der Waals surface area contributed by atoms with Crippen LogP contribution in [0.1, 0.15) is 74.0 Å². The molecule has 2 aliphatic rings. The Kier molecular flexibility index (Phi) is 4.90. The molecule has 1 aromatic heterocycles. The molecule has 0 atom stereocenters. The molecule has 1 heterocycles. The molecule has 2 N–H and O–H groups in total. The largest absolute Gasteiger partial charge is 0.351 e. The van der Waals surface area contributed by atoms with Crippen LogP contribution < -0.4 is 10.6 Å². The van der Waals surface area contributed by atoms with Crippen LogP contribution in [0.4, 0.5) is 5.95 Å². The maximum Gasteiger partial charge on any atom is 0.270 e. The third-order valence-electron chi connectivity index (χ3n) is 4.72. The van der Waals surface area contributed by atoms with Crippen molar-refractivity contribution in [1.29, 1.82) is 0 Å². The normalized spacial score (nSPS) is 20.0. The fourth-order valence-electron chi connectivity index (χ4n) is 3.51. The Hall–Kier alpha value is -1.65. The number of nitrogens with zero attached hydrogens (tertiary/aromatic N) is 2. The zero-order valence-electron chi connectivity index (χ0n) is 13.4. The molecular weight excluding hydrogens is 276 g/mol. The maximum atomic E-state index is 12.4. The van der Waals surface area contributed by atoms with E-state index in [4.69, 9.17) is 0 Å². The smallest absolute Gasteiger partial charge is 0.270 e. The third kappa shape index (κ3) is 3.96. The van der Waals surface area contributed by atoms with Crippen molar-refractivity contribution in [2.75, 3.05) is 5.32 Å². The number of hydrogen-bond donors (Lipinski definition) is 2. The van der Waals surface area contributed by atoms with Crippen LogP contribution in [0.5, 0.6) is 0 Å². The second-order valence-electron chi connectivity index (χ2n) is 6.65. The third-order valence-corrected chi connectivity index (χ3v) is 4.72. The Morgan fingerprint density at radius 3 is 2.36 bits per heavy atom. The summed E-state index contributed by atoms with van der Waals surface area (Å²) in [6.45, 7) is 1.92. The first kappa shape index (κ1) is 15.3. The molecule has 0 aliphatic heterocycles. The van der Waals surface area contributed by atoms with Crippen LogP contribution in [0.2, 0.25) is 0 Å². The van der Waals surface area contributed by atoms with Crippen molar-refractivity contribution < 1.29 is 4.79 Å². The van der Waals surface area contributed by atoms with E-state index in [2.05, 4.69) is 20.6 Å². The predicted octanol–water partition coefficient (Wildman–Crippen LogP) is 3.20. The van der Waals surface area contributed by atoms with Gasteiger partial charge >= 0.3 is 0 Å². The summed E-state index contributed by atoms with van der Waals surface area (Å²) in [5.41, 5.74) is 1.32. The SMILES string of the molecule is Cc1cc(C(=O)NC2CCCC2)nc(NC2CCCCC2)n1. The highest BCUT2D eigenvalue weighted by atomic mass is 16.1. The molecule has 0 spiro atoms. The van der Waals surface area contributed by atoms with Gasteiger partial charge in [0.05, 0.1) is 0 Å². The molecule has 2 saturated carbocycles. The minimum atomic E-state index is -0.0657. The van der Waals surface area contributed by atoms with Gasteiger partial charge in [0.2, 0.25) is 5.95 Å². The summed E-state index contributed by atoms with van der Waals surface area (Å²) in [5, 5.41) is 6.50. The maximum absolute atomic E-state index is 12.4. The molecule has 5 heteroatoms. The Labute approximate surface area is 132 Å². The Balaban J connectivity index is 1.66. The molecule has 22 heavy (non-hydrogen) atoms. The second kappa shape index (κ2) is 7.07. The van der Waals surface area contributed by atoms with Crippen LogP contribution in [0.3, 0.4) is 0 Å². The van der Waals surface area contributed by atoms with E-state index in [1.54, 1.807) is 6.07 Å². The van der Waals surface area contributed by atoms with E-state index in [0.717, 1.165) is 18.5 Å². The zero-order chi connectivity index (χ0) is 15.4. The van der Waals surface area contributed by atoms with Crippen molar-refractivity contribution in [3.8, 4) is 0 Å². The number of aromatic nitrogens is 2. The van der Waals surface area contributed by atoms with E-state index in [9.17, 15) is 4.79 Å². The van der Waals surface area contributed by atoms with E-state index in [0.29, 0.717) is 23.7 Å². The second-order valence-corrected chi connectivity index (χ2v) is 6.65. The molecule has 5 nitrogen and oxygen atoms in total. The number of aryl methyl sites for hydroxylation is 1. The lowest BCUT2D eigenvalue weighted by atomic mass is 9.96. The van der Waals surface area contributed by atoms with Gasteiger partial charge in [-0.3, -0.25) is 4.79 Å². The molecule has 0 unspecified atom stereocenters. The van der Waals surface area contributed by atoms with Crippen LogP contribution in [0.15, 0.2) is 6.07 Å². The van der Waals surface area contributed by atoms with Crippen molar-refractivity contribution in [1.82, 2.24) is 15.3 Å². The van der Waals surface area contributed by atoms with E-state index >= 15 is 0 Å². The molecule has 2 fully saturated rings. The van der Waals surface area contributed by atoms with Crippen LogP contribution in [0, 0.1) is 6.92 Å². The lowest BCUT2D eigenvalue weighted by Gasteiger charge is -2.23. The first-order chi connectivity index (χ1) is 10.7. The number of rotatable bonds is 4. The van der Waals surface area contributed by atoms with E-state index in [1.165, 1.54) is 44.9 Å². The fourth-order valence-corrected chi connectivity index (χ4v) is 3.51. The lowest BCUT2D eigenvalue weighted by molar-refractivity contribution is 0.0932. The average molecular weight is 302 g/mol. The minimum absolute atomic E-state index is 0.0657. The summed E-state index contributed by atoms with van der Waals surface area (Å²) in [5.74, 6) is 0.535. The van der Waals surface area contributed by atoms with Crippen molar-refractivity contribution in [3.63, 3.8) is 0 Å². The van der Waals surface area contributed by atoms with Crippen LogP contribution >= 0.6 is 0 Å². The highest BCUT2D eigenvalue weighted by molar-refractivity contribution is 5.92. The number of carbonyl (C=O) groups excluding carboxylic acids is 1. The molecule has 0 bridgehead atoms. The summed E-state index contributed by atoms with van der Waals surface area (Å²) in [6.07, 6.45) is 10.8. The molecule has 1 amide bonds. The number of hydrogen-bond acceptors (Lipinski definition) is 4. The molecule has 2 aliphatic carbocycles. The van der Waals surface area contributed by atoms with Gasteiger partial charge in [-0.1, -0.05) is 32.1 Å². The predicted molar refractivity (Wildman–Crippen MR) is 87.0 cm³/mol. The Morgan fingerprint density at radius 1 is 1.00 bits per heavy atom. The molecule has 0 radical (unpaired) electrons. The van der Waals surface area contributed by atoms with E-state index in [1.807, 2.05) is 6.92 Å². The van der Waals surface area contributed by atoms with Gasteiger partial charge in [-0.05, 0) is 38.7 Å². The molecule has 3 rings (SSSR count). The summed E-state index contributed by atoms with van der Waals surface area (Å²) < 4.78 is 0. The summed E-state index contributed by atoms with van der Waals surface area (Å²) in [6, 6.07) is 2.54. The molecule has 120 valence electrons. The Bertz CT molecular complexity index is 519. The van der Waals surface area contributed by atoms with Gasteiger partial charge in [0.25, 0.3) is 5.91 Å². The van der Waals surface area contributed by atoms with Gasteiger partial charge in [0.1, 0.15) is 5.69 Å². The summed E-state index contributed by atoms with van der Waals surface area (Å²) >= 11 is 0. The van der Waals surface area contributed by atoms with Crippen molar-refractivity contribution in [2.45, 2.75) is 76.8 Å². The monoisotopic (exact) mass is 302 g/mol. The van der Waals surface area contributed by atoms with Crippen molar-refractivity contribution in [2.24, 2.45) is 0 Å². The van der Waals surface area contributed by atoms with Gasteiger partial charge in [-0.15, -0.1) is 0 Å². The first-order valence-corrected chi connectivity index (χ1v) is 8.64. The summed E-state index contributed by atoms with van der Waals surface area (Å²) in [4.78, 5) is 21.2. The summed E-state index contributed by atoms with van der Waals surface area (Å²) in [7, 11) is 0. The highest BCUT2D eigenvalue weighted by Gasteiger charge is 2.20. The van der Waals surface area contributed by atoms with Gasteiger partial charge < -0.3 is 10.6 Å². The molecular formula is C17H26N4O. The van der Waals surface area contributed by atoms with Crippen LogP contribution in [0.25, 0.3) is 0 Å². The van der Waals surface area contributed by atoms with Gasteiger partial charge in [0.15, 0.2) is 0 Å². The van der Waals surface area contributed by atoms with Crippen LogP contribution in [-0.4, -0.2) is 28.0 Å². The zero-order valence-corrected chi connectivity index (χ0v) is 13.4. The highest BCUT2D eigenvalue weighted by Crippen LogP contribution is 2.21. The number of carbonyl (C=O) groups is 1. The van der Waals surface area contributed by atoms with Crippen LogP contribution in [-0.2, 0) is 0 Å². The van der Waals surface area contributed by atoms with Gasteiger partial charge in [0, 0.05) is 17.8 Å². The minimum Gasteiger partial charge on any atom is -0.351 e. The lowest BCUT2D eigenvalue weighted by Crippen LogP contribution is -2.33. The van der Waals surface area contributed by atoms with Gasteiger partial charge in [-0.2, -0.15) is 0 Å². The Morgan fingerprint density at radius 2 is 1.64 bits per heavy atom. The first-order valence-electron chi connectivity index (χ1n) is 8.64. The molecule has 0 aromatic carbocycles. The topological polar surface area (TPSA) is 66.9 Å². The van der Waals surface area contributed by atoms with Gasteiger partial charge in [-0.25, -0.2) is 9.97 Å². The average Bonchev–Trinajstić information content (AvgIpc) is 3.00. The van der Waals surface area contributed by atoms with E-state index < -0.39 is 0 Å². The fraction of sp³-hybridized carbons (Fsp3) is 0.706. The number of nitrogens with one attached hydrogen (secondary N) is 2. The van der Waals surface area contributed by atoms with Crippen molar-refractivity contribution in [3.05, 3.63) is 17.5 Å². The number of anilines is 1. The molecule has 1 aromatic rings. The quantitative estimate of drug-likeness (QED) is 0.896. The van der Waals surface area contributed by atoms with Crippen molar-refractivity contribution >= 4 is 11.9 Å². The van der Waals surface area contributed by atoms with E-state index in [-0.39, 0.29) is 5.91 Å². The number of amides is 1. The molecule has 0 saturated heterocycles. The standard InChI is InChI=1S/C17H26N4O/c1-12-11-15(16(22)19-13-9-5-6-10-13)21-17(18-12)20-14-7-3-2-4-8-14/h11,13-14H,2-10H2,1H3,(H,19,22)(H,18,20,21).